The number of rotatable bonds is 13. The highest BCUT2D eigenvalue weighted by Crippen LogP contribution is 2.42. The maximum absolute atomic E-state index is 12.7. The Balaban J connectivity index is 1.79. The van der Waals surface area contributed by atoms with Crippen molar-refractivity contribution < 1.29 is 90.4 Å². The third-order valence-corrected chi connectivity index (χ3v) is 9.81. The van der Waals surface area contributed by atoms with Gasteiger partial charge in [0, 0.05) is 60.1 Å². The molecule has 23 heteroatoms. The number of carbonyl (C=O) groups is 7. The van der Waals surface area contributed by atoms with Crippen molar-refractivity contribution in [2.24, 2.45) is 10.7 Å². The van der Waals surface area contributed by atoms with Crippen molar-refractivity contribution in [3.8, 4) is 0 Å². The molecule has 2 bridgehead atoms. The van der Waals surface area contributed by atoms with Crippen molar-refractivity contribution in [3.05, 3.63) is 0 Å². The Hall–Kier alpha value is -4.00. The van der Waals surface area contributed by atoms with Crippen molar-refractivity contribution >= 4 is 76.6 Å². The quantitative estimate of drug-likeness (QED) is 0.140. The second kappa shape index (κ2) is 19.9. The molecule has 4 fully saturated rings. The minimum atomic E-state index is -1.80. The van der Waals surface area contributed by atoms with Gasteiger partial charge in [-0.2, -0.15) is 0 Å². The van der Waals surface area contributed by atoms with Crippen molar-refractivity contribution in [2.45, 2.75) is 133 Å². The van der Waals surface area contributed by atoms with Gasteiger partial charge in [-0.25, -0.2) is 4.99 Å². The maximum Gasteiger partial charge on any atom is 0.303 e. The van der Waals surface area contributed by atoms with E-state index in [1.54, 1.807) is 0 Å². The molecule has 0 saturated carbocycles. The Morgan fingerprint density at radius 3 is 1.66 bits per heavy atom. The summed E-state index contributed by atoms with van der Waals surface area (Å²) in [7, 11) is 0. The average Bonchev–Trinajstić information content (AvgIpc) is 3.50. The molecule has 13 atom stereocenters. The van der Waals surface area contributed by atoms with Gasteiger partial charge in [0.2, 0.25) is 0 Å². The van der Waals surface area contributed by atoms with Gasteiger partial charge >= 0.3 is 41.8 Å². The van der Waals surface area contributed by atoms with E-state index in [1.165, 1.54) is 0 Å². The van der Waals surface area contributed by atoms with Crippen LogP contribution in [-0.2, 0) is 90.4 Å². The van der Waals surface area contributed by atoms with E-state index in [1.807, 2.05) is 0 Å². The average molecular weight is 837 g/mol. The Bertz CT molecular complexity index is 1560. The van der Waals surface area contributed by atoms with Gasteiger partial charge in [0.15, 0.2) is 48.2 Å². The first-order chi connectivity index (χ1) is 26.3. The van der Waals surface area contributed by atoms with Gasteiger partial charge in [0.05, 0.1) is 18.4 Å². The SMILES string of the molecule is CC(=O)OC[C@H]1O[C@@H](O[C@H]2[C@H](OC(C)=O)[C@@H](OC(C)=O)[C@H](S[C@@H]3CC(=NC(N)=S)[C@@H]4OC[C@H]3O4)O[C@@H]2COC(C)=O)[C@H](OC(C)=O)[C@@H](OC(C)=O)[C@H]1OC(C)=O. The first kappa shape index (κ1) is 44.7. The number of ether oxygens (including phenoxy) is 12. The standard InChI is InChI=1S/C33H44N2O19S2/c1-12(36)43-10-21-24(46-14(3)38)26(47-15(4)39)28(49-17(6)41)31(52-21)54-25-22(11-44-13(2)37)53-32(29(50-18(7)42)27(25)48-16(5)40)56-23-8-19(35-33(34)55)30-45-9-20(23)51-30/h20-32H,8-11H2,1-7H3,(H2,34,55)/t20-,21-,22-,23-,24+,25-,26+,27+,28-,29-,30-,31+,32+/m1/s1. The van der Waals surface area contributed by atoms with Crippen LogP contribution in [-0.4, -0.2) is 151 Å². The van der Waals surface area contributed by atoms with Gasteiger partial charge in [-0.1, -0.05) is 0 Å². The molecule has 4 heterocycles. The summed E-state index contributed by atoms with van der Waals surface area (Å²) in [6, 6.07) is 0. The molecule has 0 aromatic carbocycles. The predicted molar refractivity (Wildman–Crippen MR) is 188 cm³/mol. The zero-order valence-corrected chi connectivity index (χ0v) is 33.1. The molecule has 2 N–H and O–H groups in total. The van der Waals surface area contributed by atoms with Gasteiger partial charge < -0.3 is 62.6 Å². The summed E-state index contributed by atoms with van der Waals surface area (Å²) in [5.41, 5.74) is 4.90. The van der Waals surface area contributed by atoms with E-state index in [9.17, 15) is 33.6 Å². The van der Waals surface area contributed by atoms with Crippen LogP contribution < -0.4 is 5.73 Å². The molecule has 312 valence electrons. The lowest BCUT2D eigenvalue weighted by molar-refractivity contribution is -0.341. The Morgan fingerprint density at radius 2 is 1.14 bits per heavy atom. The molecular weight excluding hydrogens is 792 g/mol. The van der Waals surface area contributed by atoms with Gasteiger partial charge in [-0.15, -0.1) is 11.8 Å². The molecule has 0 aromatic heterocycles. The number of fused-ring (bicyclic) bond motifs is 2. The molecule has 4 saturated heterocycles. The maximum atomic E-state index is 12.7. The fourth-order valence-electron chi connectivity index (χ4n) is 6.35. The molecule has 0 radical (unpaired) electrons. The number of nitrogens with zero attached hydrogens (tertiary/aromatic N) is 1. The van der Waals surface area contributed by atoms with Crippen molar-refractivity contribution in [2.75, 3.05) is 19.8 Å². The molecule has 4 aliphatic rings. The third kappa shape index (κ3) is 12.2. The Morgan fingerprint density at radius 1 is 0.661 bits per heavy atom. The molecule has 0 amide bonds. The lowest BCUT2D eigenvalue weighted by Gasteiger charge is -2.49. The first-order valence-corrected chi connectivity index (χ1v) is 18.6. The van der Waals surface area contributed by atoms with E-state index in [2.05, 4.69) is 4.99 Å². The highest BCUT2D eigenvalue weighted by atomic mass is 32.2. The van der Waals surface area contributed by atoms with Gasteiger partial charge in [0.1, 0.15) is 37.0 Å². The summed E-state index contributed by atoms with van der Waals surface area (Å²) >= 11 is 6.07. The van der Waals surface area contributed by atoms with Crippen LogP contribution in [0.1, 0.15) is 54.9 Å². The lowest BCUT2D eigenvalue weighted by Crippen LogP contribution is -2.67. The topological polar surface area (TPSA) is 269 Å². The molecule has 0 aliphatic carbocycles. The third-order valence-electron chi connectivity index (χ3n) is 8.26. The first-order valence-electron chi connectivity index (χ1n) is 17.2. The van der Waals surface area contributed by atoms with Crippen LogP contribution in [0.25, 0.3) is 0 Å². The number of thioether (sulfide) groups is 1. The Kier molecular flexibility index (Phi) is 15.9. The fraction of sp³-hybridized carbons (Fsp3) is 0.727. The zero-order chi connectivity index (χ0) is 41.4. The highest BCUT2D eigenvalue weighted by molar-refractivity contribution is 8.00. The number of hydrogen-bond donors (Lipinski definition) is 1. The van der Waals surface area contributed by atoms with E-state index in [0.717, 1.165) is 60.2 Å². The largest absolute Gasteiger partial charge is 0.463 e. The normalized spacial score (nSPS) is 34.3. The second-order valence-electron chi connectivity index (χ2n) is 12.8. The number of nitrogens with two attached hydrogens (primary N) is 1. The minimum Gasteiger partial charge on any atom is -0.463 e. The van der Waals surface area contributed by atoms with Crippen LogP contribution in [0.3, 0.4) is 0 Å². The molecule has 21 nitrogen and oxygen atoms in total. The van der Waals surface area contributed by atoms with Crippen LogP contribution in [0.5, 0.6) is 0 Å². The minimum absolute atomic E-state index is 0.147. The van der Waals surface area contributed by atoms with Crippen LogP contribution >= 0.6 is 24.0 Å². The van der Waals surface area contributed by atoms with E-state index in [4.69, 9.17) is 74.8 Å². The summed E-state index contributed by atoms with van der Waals surface area (Å²) in [6.07, 6.45) is -15.0. The summed E-state index contributed by atoms with van der Waals surface area (Å²) in [6.45, 7) is 6.61. The van der Waals surface area contributed by atoms with E-state index >= 15 is 0 Å². The van der Waals surface area contributed by atoms with E-state index in [0.29, 0.717) is 5.71 Å². The molecule has 4 aliphatic heterocycles. The highest BCUT2D eigenvalue weighted by Gasteiger charge is 2.58. The summed E-state index contributed by atoms with van der Waals surface area (Å²) in [5, 5.41) is -0.624. The van der Waals surface area contributed by atoms with Gasteiger partial charge in [0.25, 0.3) is 0 Å². The molecule has 56 heavy (non-hydrogen) atoms. The smallest absolute Gasteiger partial charge is 0.303 e. The fourth-order valence-corrected chi connectivity index (χ4v) is 7.97. The summed E-state index contributed by atoms with van der Waals surface area (Å²) < 4.78 is 69.1. The molecular formula is C33H44N2O19S2. The lowest BCUT2D eigenvalue weighted by atomic mass is 9.96. The van der Waals surface area contributed by atoms with Crippen LogP contribution in [0.2, 0.25) is 0 Å². The van der Waals surface area contributed by atoms with E-state index in [-0.39, 0.29) is 18.1 Å². The van der Waals surface area contributed by atoms with Gasteiger partial charge in [-0.05, 0) is 12.2 Å². The van der Waals surface area contributed by atoms with Crippen LogP contribution in [0.4, 0.5) is 0 Å². The van der Waals surface area contributed by atoms with Gasteiger partial charge in [-0.3, -0.25) is 33.6 Å². The summed E-state index contributed by atoms with van der Waals surface area (Å²) in [4.78, 5) is 90.7. The molecule has 4 rings (SSSR count). The number of carbonyl (C=O) groups excluding carboxylic acids is 7. The number of esters is 7. The van der Waals surface area contributed by atoms with Crippen molar-refractivity contribution in [1.29, 1.82) is 0 Å². The molecule has 0 unspecified atom stereocenters. The van der Waals surface area contributed by atoms with Crippen molar-refractivity contribution in [1.82, 2.24) is 0 Å². The monoisotopic (exact) mass is 836 g/mol. The van der Waals surface area contributed by atoms with E-state index < -0.39 is 133 Å². The molecule has 0 spiro atoms. The summed E-state index contributed by atoms with van der Waals surface area (Å²) in [5.74, 6) is -5.84. The van der Waals surface area contributed by atoms with Crippen LogP contribution in [0.15, 0.2) is 4.99 Å². The molecule has 0 aromatic rings. The number of thiocarbonyl (C=S) groups is 1. The second-order valence-corrected chi connectivity index (χ2v) is 14.6. The van der Waals surface area contributed by atoms with Crippen molar-refractivity contribution in [3.63, 3.8) is 0 Å². The number of aliphatic imine (C=N–C) groups is 1. The predicted octanol–water partition coefficient (Wildman–Crippen LogP) is -0.462. The van der Waals surface area contributed by atoms with Crippen LogP contribution in [0, 0.1) is 0 Å². The Labute approximate surface area is 330 Å². The number of hydrogen-bond acceptors (Lipinski definition) is 21. The zero-order valence-electron chi connectivity index (χ0n) is 31.4.